The Morgan fingerprint density at radius 2 is 1.53 bits per heavy atom. The van der Waals surface area contributed by atoms with E-state index in [1.54, 1.807) is 5.92 Å². The number of hydrogen-bond acceptors (Lipinski definition) is 1. The van der Waals surface area contributed by atoms with E-state index in [0.29, 0.717) is 17.3 Å². The van der Waals surface area contributed by atoms with Crippen molar-refractivity contribution in [2.45, 2.75) is 201 Å². The zero-order valence-corrected chi connectivity index (χ0v) is 46.4. The Morgan fingerprint density at radius 3 is 2.05 bits per heavy atom. The summed E-state index contributed by atoms with van der Waals surface area (Å²) in [4.78, 5) is 5.01. The van der Waals surface area contributed by atoms with Crippen molar-refractivity contribution in [1.29, 1.82) is 0 Å². The third-order valence-corrected chi connectivity index (χ3v) is 11.0. The van der Waals surface area contributed by atoms with Gasteiger partial charge in [0.2, 0.25) is 0 Å². The first-order chi connectivity index (χ1) is 28.3. The largest absolute Gasteiger partial charge is 1.00 e. The molecule has 2 aromatic rings. The van der Waals surface area contributed by atoms with Crippen LogP contribution in [0.3, 0.4) is 0 Å². The van der Waals surface area contributed by atoms with Gasteiger partial charge >= 0.3 is 51.4 Å². The zero-order valence-electron chi connectivity index (χ0n) is 43.2. The van der Waals surface area contributed by atoms with E-state index in [1.165, 1.54) is 96.7 Å². The van der Waals surface area contributed by atoms with Crippen molar-refractivity contribution in [3.63, 3.8) is 0 Å². The van der Waals surface area contributed by atoms with Gasteiger partial charge in [-0.05, 0) is 121 Å². The van der Waals surface area contributed by atoms with Crippen LogP contribution in [0.2, 0.25) is 0 Å². The van der Waals surface area contributed by atoms with Gasteiger partial charge in [0.15, 0.2) is 0 Å². The smallest absolute Gasteiger partial charge is 0.346 e. The normalized spacial score (nSPS) is 14.8. The van der Waals surface area contributed by atoms with Crippen molar-refractivity contribution in [1.82, 2.24) is 4.98 Å². The molecule has 0 unspecified atom stereocenters. The van der Waals surface area contributed by atoms with Crippen molar-refractivity contribution in [2.75, 3.05) is 0 Å². The number of aryl methyl sites for hydroxylation is 2. The fourth-order valence-corrected chi connectivity index (χ4v) is 7.05. The Bertz CT molecular complexity index is 1600. The molecule has 0 radical (unpaired) electrons. The first-order valence-electron chi connectivity index (χ1n) is 23.9. The maximum absolute atomic E-state index is 5.01. The maximum Gasteiger partial charge on any atom is 1.00 e. The second kappa shape index (κ2) is 40.1. The van der Waals surface area contributed by atoms with Gasteiger partial charge in [-0.15, -0.1) is 0 Å². The van der Waals surface area contributed by atoms with E-state index in [9.17, 15) is 0 Å². The molecule has 1 nitrogen and oxygen atoms in total. The molecule has 0 aliphatic heterocycles. The Balaban J connectivity index is -0.000000449. The third-order valence-electron chi connectivity index (χ3n) is 11.0. The summed E-state index contributed by atoms with van der Waals surface area (Å²) in [7, 11) is 0. The van der Waals surface area contributed by atoms with E-state index in [0.717, 1.165) is 42.3 Å². The SMILES string of the molecule is C=C(C)c1cc(C)c2nc3c(cc2c1)C[C@](C)(C(C)C)CC3.C=C\C(=C/C=C(C)/C(C=C)=C/C#CCC)[C@H](C)CCCCC[C-](CC[CH2-])CCC.CC.CC.CC.CC.[K+]. The predicted octanol–water partition coefficient (Wildman–Crippen LogP) is 16.0. The van der Waals surface area contributed by atoms with Gasteiger partial charge in [0.05, 0.1) is 5.52 Å². The molecule has 0 amide bonds. The average molecular weight is 846 g/mol. The van der Waals surface area contributed by atoms with E-state index in [2.05, 4.69) is 131 Å². The van der Waals surface area contributed by atoms with Crippen molar-refractivity contribution in [3.05, 3.63) is 120 Å². The molecule has 0 saturated carbocycles. The summed E-state index contributed by atoms with van der Waals surface area (Å²) in [6, 6.07) is 6.85. The van der Waals surface area contributed by atoms with Gasteiger partial charge in [0, 0.05) is 17.5 Å². The first-order valence-corrected chi connectivity index (χ1v) is 23.9. The molecular weight excluding hydrogens is 750 g/mol. The molecule has 1 aliphatic carbocycles. The Morgan fingerprint density at radius 1 is 0.900 bits per heavy atom. The van der Waals surface area contributed by atoms with Gasteiger partial charge in [0.25, 0.3) is 0 Å². The van der Waals surface area contributed by atoms with Crippen molar-refractivity contribution < 1.29 is 51.4 Å². The molecule has 334 valence electrons. The van der Waals surface area contributed by atoms with E-state index in [1.807, 2.05) is 73.6 Å². The summed E-state index contributed by atoms with van der Waals surface area (Å²) in [5.74, 6) is 9.13. The van der Waals surface area contributed by atoms with E-state index >= 15 is 0 Å². The molecule has 2 heteroatoms. The third kappa shape index (κ3) is 24.8. The Labute approximate surface area is 419 Å². The van der Waals surface area contributed by atoms with Crippen LogP contribution in [0.15, 0.2) is 85.0 Å². The molecule has 60 heavy (non-hydrogen) atoms. The van der Waals surface area contributed by atoms with Crippen molar-refractivity contribution in [2.24, 2.45) is 17.3 Å². The minimum absolute atomic E-state index is 0. The van der Waals surface area contributed by atoms with E-state index < -0.39 is 0 Å². The summed E-state index contributed by atoms with van der Waals surface area (Å²) in [6.07, 6.45) is 25.8. The van der Waals surface area contributed by atoms with Crippen LogP contribution in [0.1, 0.15) is 204 Å². The quantitative estimate of drug-likeness (QED) is 0.0508. The van der Waals surface area contributed by atoms with Gasteiger partial charge in [-0.2, -0.15) is 12.8 Å². The number of aromatic nitrogens is 1. The number of rotatable bonds is 17. The number of hydrogen-bond donors (Lipinski definition) is 0. The molecule has 0 fully saturated rings. The van der Waals surface area contributed by atoms with Gasteiger partial charge in [-0.3, -0.25) is 4.98 Å². The van der Waals surface area contributed by atoms with Gasteiger partial charge in [-0.25, -0.2) is 12.8 Å². The Kier molecular flexibility index (Phi) is 43.3. The zero-order chi connectivity index (χ0) is 46.0. The minimum atomic E-state index is 0. The fraction of sp³-hybridized carbons (Fsp3) is 0.569. The van der Waals surface area contributed by atoms with Gasteiger partial charge in [0.1, 0.15) is 0 Å². The topological polar surface area (TPSA) is 12.9 Å². The number of unbranched alkanes of at least 4 members (excludes halogenated alkanes) is 2. The summed E-state index contributed by atoms with van der Waals surface area (Å²) in [5, 5.41) is 1.27. The molecule has 3 rings (SSSR count). The molecule has 1 aliphatic rings. The molecule has 1 aromatic carbocycles. The van der Waals surface area contributed by atoms with Crippen LogP contribution < -0.4 is 51.4 Å². The summed E-state index contributed by atoms with van der Waals surface area (Å²) < 4.78 is 0. The molecule has 0 bridgehead atoms. The monoisotopic (exact) mass is 845 g/mol. The standard InChI is InChI=1S/C29H44.C21H27N.4C2H6.K/c1-8-13-15-22-28(11-4)26(7)23-24-29(12-5)25(6)20-16-14-17-21-27(18-9-2)19-10-3;1-13(2)16-9-15(5)20-17(10-16)11-18-12-21(6,14(3)4)8-7-19(18)22-20;4*1-2;/h11-12,22-25H,2,4-5,8-10,14,16-21H2,1,3,6-7H3;9-11,14H,1,7-8,12H2,2-6H3;4*1-2H3;/q-2;;;;;;+1/b26-23+,28-22+,29-24+;;;;;;/t25-;21-;;;;;/m11...../s1. The molecule has 0 saturated heterocycles. The maximum atomic E-state index is 5.01. The summed E-state index contributed by atoms with van der Waals surface area (Å²) in [5.41, 5.74) is 11.5. The molecule has 0 N–H and O–H groups in total. The van der Waals surface area contributed by atoms with Gasteiger partial charge in [-0.1, -0.05) is 184 Å². The molecule has 0 spiro atoms. The van der Waals surface area contributed by atoms with E-state index in [4.69, 9.17) is 4.98 Å². The molecule has 1 heterocycles. The van der Waals surface area contributed by atoms with Crippen LogP contribution in [0.5, 0.6) is 0 Å². The van der Waals surface area contributed by atoms with Crippen LogP contribution in [0, 0.1) is 48.9 Å². The minimum Gasteiger partial charge on any atom is -0.346 e. The molecular formula is C58H95KN-. The average Bonchev–Trinajstić information content (AvgIpc) is 3.25. The van der Waals surface area contributed by atoms with E-state index in [-0.39, 0.29) is 51.4 Å². The van der Waals surface area contributed by atoms with Crippen LogP contribution in [0.25, 0.3) is 16.5 Å². The number of nitrogens with zero attached hydrogens (tertiary/aromatic N) is 1. The second-order valence-electron chi connectivity index (χ2n) is 15.5. The first kappa shape index (κ1) is 64.9. The summed E-state index contributed by atoms with van der Waals surface area (Å²) in [6.45, 7) is 52.2. The van der Waals surface area contributed by atoms with Crippen molar-refractivity contribution >= 4 is 16.5 Å². The number of pyridine rings is 1. The number of fused-ring (bicyclic) bond motifs is 2. The van der Waals surface area contributed by atoms with Crippen molar-refractivity contribution in [3.8, 4) is 11.8 Å². The molecule has 2 atom stereocenters. The van der Waals surface area contributed by atoms with Crippen LogP contribution in [-0.4, -0.2) is 4.98 Å². The summed E-state index contributed by atoms with van der Waals surface area (Å²) >= 11 is 0. The number of allylic oxidation sites excluding steroid dienone is 9. The van der Waals surface area contributed by atoms with Gasteiger partial charge < -0.3 is 12.8 Å². The Hall–Kier alpha value is -1.73. The second-order valence-corrected chi connectivity index (χ2v) is 15.5. The number of benzene rings is 1. The predicted molar refractivity (Wildman–Crippen MR) is 275 cm³/mol. The van der Waals surface area contributed by atoms with Crippen LogP contribution in [0.4, 0.5) is 0 Å². The molecule has 1 aromatic heterocycles. The van der Waals surface area contributed by atoms with Crippen LogP contribution >= 0.6 is 0 Å². The fourth-order valence-electron chi connectivity index (χ4n) is 7.05. The van der Waals surface area contributed by atoms with Crippen LogP contribution in [-0.2, 0) is 12.8 Å².